The topological polar surface area (TPSA) is 69.6 Å². The second kappa shape index (κ2) is 7.14. The summed E-state index contributed by atoms with van der Waals surface area (Å²) in [6.07, 6.45) is 1.53. The summed E-state index contributed by atoms with van der Waals surface area (Å²) in [5.41, 5.74) is 1.87. The van der Waals surface area contributed by atoms with Gasteiger partial charge < -0.3 is 15.5 Å². The Labute approximate surface area is 114 Å². The van der Waals surface area contributed by atoms with Crippen molar-refractivity contribution in [3.63, 3.8) is 0 Å². The minimum atomic E-state index is -0.916. The normalized spacial score (nSPS) is 12.5. The summed E-state index contributed by atoms with van der Waals surface area (Å²) < 4.78 is 0. The summed E-state index contributed by atoms with van der Waals surface area (Å²) in [7, 11) is 0. The first-order chi connectivity index (χ1) is 8.99. The Bertz CT molecular complexity index is 427. The SMILES string of the molecule is CCC(CC)C(O)CNc1ccc(C(=O)O)c(C)c1. The molecule has 19 heavy (non-hydrogen) atoms. The highest BCUT2D eigenvalue weighted by Gasteiger charge is 2.15. The quantitative estimate of drug-likeness (QED) is 0.709. The van der Waals surface area contributed by atoms with Crippen molar-refractivity contribution in [1.82, 2.24) is 0 Å². The maximum atomic E-state index is 10.9. The Hall–Kier alpha value is -1.55. The maximum absolute atomic E-state index is 10.9. The number of carboxylic acids is 1. The van der Waals surface area contributed by atoms with Gasteiger partial charge in [0.05, 0.1) is 11.7 Å². The number of aryl methyl sites for hydroxylation is 1. The van der Waals surface area contributed by atoms with Crippen molar-refractivity contribution in [3.05, 3.63) is 29.3 Å². The van der Waals surface area contributed by atoms with Crippen LogP contribution in [-0.2, 0) is 0 Å². The zero-order chi connectivity index (χ0) is 14.4. The number of nitrogens with one attached hydrogen (secondary N) is 1. The summed E-state index contributed by atoms with van der Waals surface area (Å²) in [5.74, 6) is -0.618. The van der Waals surface area contributed by atoms with Crippen molar-refractivity contribution in [2.24, 2.45) is 5.92 Å². The van der Waals surface area contributed by atoms with Crippen molar-refractivity contribution in [2.75, 3.05) is 11.9 Å². The minimum Gasteiger partial charge on any atom is -0.478 e. The van der Waals surface area contributed by atoms with Crippen LogP contribution in [-0.4, -0.2) is 28.8 Å². The summed E-state index contributed by atoms with van der Waals surface area (Å²) in [6, 6.07) is 5.11. The van der Waals surface area contributed by atoms with Gasteiger partial charge in [-0.05, 0) is 36.6 Å². The van der Waals surface area contributed by atoms with Gasteiger partial charge in [0.25, 0.3) is 0 Å². The Morgan fingerprint density at radius 1 is 1.32 bits per heavy atom. The lowest BCUT2D eigenvalue weighted by atomic mass is 9.96. The van der Waals surface area contributed by atoms with Gasteiger partial charge in [0.2, 0.25) is 0 Å². The van der Waals surface area contributed by atoms with Crippen molar-refractivity contribution < 1.29 is 15.0 Å². The van der Waals surface area contributed by atoms with Crippen LogP contribution in [0.3, 0.4) is 0 Å². The molecule has 1 aromatic carbocycles. The summed E-state index contributed by atoms with van der Waals surface area (Å²) in [5, 5.41) is 22.1. The third-order valence-electron chi connectivity index (χ3n) is 3.57. The van der Waals surface area contributed by atoms with E-state index in [0.29, 0.717) is 18.0 Å². The molecule has 0 aliphatic heterocycles. The third-order valence-corrected chi connectivity index (χ3v) is 3.57. The van der Waals surface area contributed by atoms with E-state index in [1.54, 1.807) is 25.1 Å². The Morgan fingerprint density at radius 3 is 2.42 bits per heavy atom. The van der Waals surface area contributed by atoms with Crippen LogP contribution in [0.4, 0.5) is 5.69 Å². The van der Waals surface area contributed by atoms with E-state index in [4.69, 9.17) is 5.11 Å². The number of carbonyl (C=O) groups is 1. The van der Waals surface area contributed by atoms with Gasteiger partial charge in [-0.25, -0.2) is 4.79 Å². The van der Waals surface area contributed by atoms with Crippen LogP contribution in [0.2, 0.25) is 0 Å². The molecule has 0 heterocycles. The fourth-order valence-corrected chi connectivity index (χ4v) is 2.24. The molecule has 1 rings (SSSR count). The van der Waals surface area contributed by atoms with Crippen molar-refractivity contribution >= 4 is 11.7 Å². The molecule has 0 aromatic heterocycles. The molecule has 1 atom stereocenters. The lowest BCUT2D eigenvalue weighted by Crippen LogP contribution is -2.27. The number of aliphatic hydroxyl groups is 1. The van der Waals surface area contributed by atoms with Crippen molar-refractivity contribution in [3.8, 4) is 0 Å². The van der Waals surface area contributed by atoms with Gasteiger partial charge in [-0.15, -0.1) is 0 Å². The number of rotatable bonds is 7. The highest BCUT2D eigenvalue weighted by Crippen LogP contribution is 2.17. The average molecular weight is 265 g/mol. The number of hydrogen-bond acceptors (Lipinski definition) is 3. The van der Waals surface area contributed by atoms with E-state index in [0.717, 1.165) is 24.1 Å². The monoisotopic (exact) mass is 265 g/mol. The molecule has 4 nitrogen and oxygen atoms in total. The van der Waals surface area contributed by atoms with E-state index in [1.807, 2.05) is 0 Å². The summed E-state index contributed by atoms with van der Waals surface area (Å²) >= 11 is 0. The van der Waals surface area contributed by atoms with E-state index in [2.05, 4.69) is 19.2 Å². The predicted octanol–water partition coefficient (Wildman–Crippen LogP) is 2.90. The third kappa shape index (κ3) is 4.24. The minimum absolute atomic E-state index is 0.298. The fourth-order valence-electron chi connectivity index (χ4n) is 2.24. The molecular formula is C15H23NO3. The van der Waals surface area contributed by atoms with Crippen LogP contribution in [0.1, 0.15) is 42.6 Å². The first-order valence-corrected chi connectivity index (χ1v) is 6.75. The number of carboxylic acid groups (broad SMARTS) is 1. The molecule has 0 fully saturated rings. The van der Waals surface area contributed by atoms with Crippen LogP contribution in [0.15, 0.2) is 18.2 Å². The number of aliphatic hydroxyl groups excluding tert-OH is 1. The molecule has 3 N–H and O–H groups in total. The molecule has 0 saturated carbocycles. The number of aromatic carboxylic acids is 1. The standard InChI is InChI=1S/C15H23NO3/c1-4-11(5-2)14(17)9-16-12-6-7-13(15(18)19)10(3)8-12/h6-8,11,14,16-17H,4-5,9H2,1-3H3,(H,18,19). The first kappa shape index (κ1) is 15.5. The van der Waals surface area contributed by atoms with Gasteiger partial charge in [0.1, 0.15) is 0 Å². The zero-order valence-corrected chi connectivity index (χ0v) is 11.8. The predicted molar refractivity (Wildman–Crippen MR) is 76.7 cm³/mol. The Morgan fingerprint density at radius 2 is 1.95 bits per heavy atom. The fraction of sp³-hybridized carbons (Fsp3) is 0.533. The Balaban J connectivity index is 2.64. The number of anilines is 1. The van der Waals surface area contributed by atoms with Gasteiger partial charge in [0.15, 0.2) is 0 Å². The molecule has 0 spiro atoms. The molecule has 0 radical (unpaired) electrons. The van der Waals surface area contributed by atoms with E-state index in [-0.39, 0.29) is 6.10 Å². The van der Waals surface area contributed by atoms with Gasteiger partial charge in [-0.2, -0.15) is 0 Å². The lowest BCUT2D eigenvalue weighted by Gasteiger charge is -2.21. The lowest BCUT2D eigenvalue weighted by molar-refractivity contribution is 0.0696. The molecule has 0 aliphatic carbocycles. The van der Waals surface area contributed by atoms with Crippen molar-refractivity contribution in [2.45, 2.75) is 39.7 Å². The molecule has 0 amide bonds. The highest BCUT2D eigenvalue weighted by molar-refractivity contribution is 5.89. The smallest absolute Gasteiger partial charge is 0.335 e. The van der Waals surface area contributed by atoms with Crippen LogP contribution in [0.5, 0.6) is 0 Å². The molecule has 0 bridgehead atoms. The van der Waals surface area contributed by atoms with Crippen LogP contribution in [0.25, 0.3) is 0 Å². The molecule has 1 aromatic rings. The van der Waals surface area contributed by atoms with E-state index >= 15 is 0 Å². The second-order valence-corrected chi connectivity index (χ2v) is 4.86. The van der Waals surface area contributed by atoms with Gasteiger partial charge in [-0.1, -0.05) is 26.7 Å². The molecule has 0 aliphatic rings. The molecule has 1 unspecified atom stereocenters. The molecule has 0 saturated heterocycles. The van der Waals surface area contributed by atoms with E-state index in [1.165, 1.54) is 0 Å². The van der Waals surface area contributed by atoms with Crippen LogP contribution in [0, 0.1) is 12.8 Å². The maximum Gasteiger partial charge on any atom is 0.335 e. The molecule has 106 valence electrons. The van der Waals surface area contributed by atoms with Crippen molar-refractivity contribution in [1.29, 1.82) is 0 Å². The highest BCUT2D eigenvalue weighted by atomic mass is 16.4. The molecular weight excluding hydrogens is 242 g/mol. The summed E-state index contributed by atoms with van der Waals surface area (Å²) in [6.45, 7) is 6.40. The average Bonchev–Trinajstić information content (AvgIpc) is 2.37. The zero-order valence-electron chi connectivity index (χ0n) is 11.8. The van der Waals surface area contributed by atoms with Crippen LogP contribution < -0.4 is 5.32 Å². The van der Waals surface area contributed by atoms with Crippen LogP contribution >= 0.6 is 0 Å². The molecule has 4 heteroatoms. The number of benzene rings is 1. The Kier molecular flexibility index (Phi) is 5.83. The summed E-state index contributed by atoms with van der Waals surface area (Å²) in [4.78, 5) is 10.9. The van der Waals surface area contributed by atoms with Gasteiger partial charge in [-0.3, -0.25) is 0 Å². The number of hydrogen-bond donors (Lipinski definition) is 3. The largest absolute Gasteiger partial charge is 0.478 e. The van der Waals surface area contributed by atoms with Gasteiger partial charge >= 0.3 is 5.97 Å². The van der Waals surface area contributed by atoms with E-state index < -0.39 is 5.97 Å². The second-order valence-electron chi connectivity index (χ2n) is 4.86. The van der Waals surface area contributed by atoms with E-state index in [9.17, 15) is 9.90 Å². The first-order valence-electron chi connectivity index (χ1n) is 6.75. The van der Waals surface area contributed by atoms with Gasteiger partial charge in [0, 0.05) is 12.2 Å².